The number of anilines is 3. The first-order chi connectivity index (χ1) is 27.5. The van der Waals surface area contributed by atoms with Crippen LogP contribution in [0.2, 0.25) is 0 Å². The van der Waals surface area contributed by atoms with E-state index < -0.39 is 0 Å². The van der Waals surface area contributed by atoms with E-state index in [-0.39, 0.29) is 5.41 Å². The lowest BCUT2D eigenvalue weighted by atomic mass is 9.77. The van der Waals surface area contributed by atoms with Crippen LogP contribution >= 0.6 is 0 Å². The van der Waals surface area contributed by atoms with Crippen molar-refractivity contribution in [3.05, 3.63) is 199 Å². The van der Waals surface area contributed by atoms with Gasteiger partial charge in [-0.15, -0.1) is 4.94 Å². The quantitative estimate of drug-likeness (QED) is 0.164. The molecule has 2 aromatic heterocycles. The largest absolute Gasteiger partial charge is 0.294 e. The van der Waals surface area contributed by atoms with Crippen molar-refractivity contribution < 1.29 is 4.94 Å². The molecule has 0 saturated carbocycles. The maximum absolute atomic E-state index is 6.21. The summed E-state index contributed by atoms with van der Waals surface area (Å²) in [6, 6.07) is 64.9. The molecule has 0 unspecified atom stereocenters. The minimum Gasteiger partial charge on any atom is -0.294 e. The second kappa shape index (κ2) is 13.4. The van der Waals surface area contributed by atoms with Gasteiger partial charge in [0, 0.05) is 29.4 Å². The van der Waals surface area contributed by atoms with E-state index in [1.165, 1.54) is 49.7 Å². The van der Waals surface area contributed by atoms with Crippen molar-refractivity contribution in [1.29, 1.82) is 0 Å². The van der Waals surface area contributed by atoms with Gasteiger partial charge in [-0.2, -0.15) is 5.06 Å². The Kier molecular flexibility index (Phi) is 8.05. The molecule has 5 nitrogen and oxygen atoms in total. The van der Waals surface area contributed by atoms with Crippen molar-refractivity contribution in [3.8, 4) is 39.2 Å². The molecule has 1 aliphatic heterocycles. The van der Waals surface area contributed by atoms with E-state index in [4.69, 9.17) is 9.92 Å². The van der Waals surface area contributed by atoms with Gasteiger partial charge in [0.1, 0.15) is 5.82 Å². The summed E-state index contributed by atoms with van der Waals surface area (Å²) in [5.74, 6) is 0.876. The van der Waals surface area contributed by atoms with Crippen LogP contribution in [0.1, 0.15) is 25.0 Å². The summed E-state index contributed by atoms with van der Waals surface area (Å²) in [5, 5.41) is 6.12. The highest BCUT2D eigenvalue weighted by Gasteiger charge is 2.29. The predicted octanol–water partition coefficient (Wildman–Crippen LogP) is 12.9. The Labute approximate surface area is 327 Å². The average molecular weight is 725 g/mol. The summed E-state index contributed by atoms with van der Waals surface area (Å²) in [5.41, 5.74) is 14.4. The van der Waals surface area contributed by atoms with E-state index >= 15 is 0 Å². The molecule has 0 aliphatic carbocycles. The molecule has 0 N–H and O–H groups in total. The summed E-state index contributed by atoms with van der Waals surface area (Å²) in [6.07, 6.45) is 1.96. The Bertz CT molecular complexity index is 2840. The standard InChI is InChI=1S/C51H40N4O/c1-51(2,38-20-14-21-40(33-38)55-47-27-13-12-26-46(47)53(3)56-55)39-28-29-44-43-22-10-11-25-45(43)54(48(44)34-39)49-32-37(30-31-52-49)50-41(35-16-6-4-7-17-35)23-15-24-42(50)36-18-8-5-9-19-36/h4-34H,1-3H3. The topological polar surface area (TPSA) is 33.5 Å². The molecule has 0 bridgehead atoms. The summed E-state index contributed by atoms with van der Waals surface area (Å²) >= 11 is 0. The molecular formula is C51H40N4O. The van der Waals surface area contributed by atoms with Crippen molar-refractivity contribution >= 4 is 38.9 Å². The number of pyridine rings is 1. The summed E-state index contributed by atoms with van der Waals surface area (Å²) < 4.78 is 2.34. The van der Waals surface area contributed by atoms with Crippen molar-refractivity contribution in [2.75, 3.05) is 17.2 Å². The molecule has 10 rings (SSSR count). The Balaban J connectivity index is 1.12. The lowest BCUT2D eigenvalue weighted by Gasteiger charge is -2.28. The molecule has 3 heterocycles. The molecule has 0 amide bonds. The summed E-state index contributed by atoms with van der Waals surface area (Å²) in [6.45, 7) is 4.60. The number of aromatic nitrogens is 2. The van der Waals surface area contributed by atoms with Crippen molar-refractivity contribution in [2.24, 2.45) is 0 Å². The number of nitrogens with zero attached hydrogens (tertiary/aromatic N) is 4. The zero-order chi connectivity index (χ0) is 37.8. The average Bonchev–Trinajstić information content (AvgIpc) is 3.78. The van der Waals surface area contributed by atoms with Crippen LogP contribution in [0, 0.1) is 0 Å². The fraction of sp³-hybridized carbons (Fsp3) is 0.0784. The molecular weight excluding hydrogens is 685 g/mol. The molecule has 9 aromatic rings. The molecule has 7 aromatic carbocycles. The van der Waals surface area contributed by atoms with Gasteiger partial charge in [0.15, 0.2) is 0 Å². The first kappa shape index (κ1) is 33.6. The van der Waals surface area contributed by atoms with Crippen molar-refractivity contribution in [1.82, 2.24) is 9.55 Å². The highest BCUT2D eigenvalue weighted by molar-refractivity contribution is 6.09. The van der Waals surface area contributed by atoms with Crippen LogP contribution in [-0.4, -0.2) is 16.6 Å². The van der Waals surface area contributed by atoms with Crippen LogP contribution in [0.15, 0.2) is 188 Å². The van der Waals surface area contributed by atoms with E-state index in [9.17, 15) is 0 Å². The molecule has 0 fully saturated rings. The van der Waals surface area contributed by atoms with Crippen molar-refractivity contribution in [2.45, 2.75) is 19.3 Å². The monoisotopic (exact) mass is 724 g/mol. The molecule has 56 heavy (non-hydrogen) atoms. The van der Waals surface area contributed by atoms with Crippen molar-refractivity contribution in [3.63, 3.8) is 0 Å². The zero-order valence-electron chi connectivity index (χ0n) is 31.6. The first-order valence-electron chi connectivity index (χ1n) is 19.1. The lowest BCUT2D eigenvalue weighted by molar-refractivity contribution is 0.142. The van der Waals surface area contributed by atoms with E-state index in [1.54, 1.807) is 0 Å². The van der Waals surface area contributed by atoms with E-state index in [0.717, 1.165) is 39.5 Å². The van der Waals surface area contributed by atoms with Gasteiger partial charge < -0.3 is 0 Å². The van der Waals surface area contributed by atoms with Gasteiger partial charge in [0.05, 0.1) is 28.1 Å². The third-order valence-corrected chi connectivity index (χ3v) is 11.3. The fourth-order valence-electron chi connectivity index (χ4n) is 8.37. The second-order valence-corrected chi connectivity index (χ2v) is 15.0. The summed E-state index contributed by atoms with van der Waals surface area (Å²) in [4.78, 5) is 11.3. The zero-order valence-corrected chi connectivity index (χ0v) is 31.6. The molecule has 0 spiro atoms. The van der Waals surface area contributed by atoms with E-state index in [1.807, 2.05) is 35.5 Å². The van der Waals surface area contributed by atoms with Crippen LogP contribution in [-0.2, 0) is 10.4 Å². The number of fused-ring (bicyclic) bond motifs is 4. The minimum atomic E-state index is -0.328. The van der Waals surface area contributed by atoms with Gasteiger partial charge in [-0.05, 0) is 93.0 Å². The van der Waals surface area contributed by atoms with E-state index in [2.05, 4.69) is 188 Å². The molecule has 0 radical (unpaired) electrons. The molecule has 0 atom stereocenters. The molecule has 5 heteroatoms. The minimum absolute atomic E-state index is 0.328. The number of hydroxylamine groups is 1. The van der Waals surface area contributed by atoms with Crippen LogP contribution in [0.25, 0.3) is 61.0 Å². The van der Waals surface area contributed by atoms with Crippen LogP contribution in [0.5, 0.6) is 0 Å². The Hall–Kier alpha value is -6.95. The van der Waals surface area contributed by atoms with E-state index in [0.29, 0.717) is 0 Å². The lowest BCUT2D eigenvalue weighted by Crippen LogP contribution is -2.22. The second-order valence-electron chi connectivity index (χ2n) is 15.0. The van der Waals surface area contributed by atoms with Crippen LogP contribution in [0.3, 0.4) is 0 Å². The van der Waals surface area contributed by atoms with Crippen LogP contribution in [0.4, 0.5) is 17.1 Å². The number of benzene rings is 7. The SMILES string of the molecule is CN1ON(c2cccc(C(C)(C)c3ccc4c5ccccc5n(-c5cc(-c6c(-c7ccccc7)cccc6-c6ccccc6)ccn5)c4c3)c2)c2ccccc21. The first-order valence-corrected chi connectivity index (χ1v) is 19.1. The fourth-order valence-corrected chi connectivity index (χ4v) is 8.37. The smallest absolute Gasteiger partial charge is 0.138 e. The highest BCUT2D eigenvalue weighted by atomic mass is 16.8. The molecule has 0 saturated heterocycles. The Morgan fingerprint density at radius 3 is 1.88 bits per heavy atom. The van der Waals surface area contributed by atoms with Gasteiger partial charge in [-0.1, -0.05) is 147 Å². The number of para-hydroxylation sites is 3. The molecule has 1 aliphatic rings. The van der Waals surface area contributed by atoms with Gasteiger partial charge in [-0.25, -0.2) is 10.0 Å². The Morgan fingerprint density at radius 2 is 1.12 bits per heavy atom. The number of rotatable bonds is 7. The normalized spacial score (nSPS) is 12.8. The van der Waals surface area contributed by atoms with Gasteiger partial charge in [-0.3, -0.25) is 4.57 Å². The number of hydrogen-bond donors (Lipinski definition) is 0. The van der Waals surface area contributed by atoms with Gasteiger partial charge >= 0.3 is 0 Å². The molecule has 270 valence electrons. The maximum Gasteiger partial charge on any atom is 0.138 e. The van der Waals surface area contributed by atoms with Gasteiger partial charge in [0.2, 0.25) is 0 Å². The van der Waals surface area contributed by atoms with Gasteiger partial charge in [0.25, 0.3) is 0 Å². The third-order valence-electron chi connectivity index (χ3n) is 11.3. The summed E-state index contributed by atoms with van der Waals surface area (Å²) in [7, 11) is 1.94. The number of hydrogen-bond acceptors (Lipinski definition) is 4. The Morgan fingerprint density at radius 1 is 0.500 bits per heavy atom. The van der Waals surface area contributed by atoms with Crippen LogP contribution < -0.4 is 10.1 Å². The highest BCUT2D eigenvalue weighted by Crippen LogP contribution is 2.44. The predicted molar refractivity (Wildman–Crippen MR) is 232 cm³/mol. The third kappa shape index (κ3) is 5.55. The maximum atomic E-state index is 6.21.